The van der Waals surface area contributed by atoms with Crippen molar-refractivity contribution in [3.05, 3.63) is 47.5 Å². The molecule has 0 spiro atoms. The monoisotopic (exact) mass is 342 g/mol. The van der Waals surface area contributed by atoms with Crippen LogP contribution < -0.4 is 10.6 Å². The molecule has 0 bridgehead atoms. The highest BCUT2D eigenvalue weighted by atomic mass is 19.4. The van der Waals surface area contributed by atoms with Crippen molar-refractivity contribution in [1.82, 2.24) is 15.3 Å². The average Bonchev–Trinajstić information content (AvgIpc) is 2.52. The van der Waals surface area contributed by atoms with Crippen LogP contribution >= 0.6 is 0 Å². The van der Waals surface area contributed by atoms with Gasteiger partial charge >= 0.3 is 6.18 Å². The van der Waals surface area contributed by atoms with Crippen molar-refractivity contribution < 1.29 is 17.6 Å². The maximum Gasteiger partial charge on any atom is 0.433 e. The first-order chi connectivity index (χ1) is 11.3. The first-order valence-electron chi connectivity index (χ1n) is 7.48. The predicted octanol–water partition coefficient (Wildman–Crippen LogP) is 4.27. The zero-order chi connectivity index (χ0) is 17.7. The molecule has 0 saturated heterocycles. The van der Waals surface area contributed by atoms with Crippen LogP contribution in [0.3, 0.4) is 0 Å². The van der Waals surface area contributed by atoms with Crippen LogP contribution in [0.5, 0.6) is 0 Å². The Hall–Kier alpha value is -2.22. The van der Waals surface area contributed by atoms with Crippen molar-refractivity contribution >= 4 is 11.6 Å². The Kier molecular flexibility index (Phi) is 5.71. The SMILES string of the molecule is CCC(C)NCc1cnc(Nc2cccc(F)c2)nc1C(F)(F)F. The molecule has 130 valence electrons. The van der Waals surface area contributed by atoms with E-state index >= 15 is 0 Å². The van der Waals surface area contributed by atoms with Crippen molar-refractivity contribution in [3.63, 3.8) is 0 Å². The van der Waals surface area contributed by atoms with Crippen LogP contribution in [-0.4, -0.2) is 16.0 Å². The number of halogens is 4. The van der Waals surface area contributed by atoms with Crippen LogP contribution in [0.2, 0.25) is 0 Å². The van der Waals surface area contributed by atoms with Gasteiger partial charge in [-0.15, -0.1) is 0 Å². The second-order valence-corrected chi connectivity index (χ2v) is 5.39. The van der Waals surface area contributed by atoms with Gasteiger partial charge in [0.2, 0.25) is 5.95 Å². The van der Waals surface area contributed by atoms with E-state index in [1.54, 1.807) is 0 Å². The van der Waals surface area contributed by atoms with E-state index in [4.69, 9.17) is 0 Å². The Morgan fingerprint density at radius 2 is 2.00 bits per heavy atom. The van der Waals surface area contributed by atoms with Gasteiger partial charge in [0.05, 0.1) is 0 Å². The summed E-state index contributed by atoms with van der Waals surface area (Å²) in [5.74, 6) is -0.745. The Labute approximate surface area is 137 Å². The lowest BCUT2D eigenvalue weighted by molar-refractivity contribution is -0.141. The van der Waals surface area contributed by atoms with Gasteiger partial charge in [0.1, 0.15) is 5.82 Å². The minimum Gasteiger partial charge on any atom is -0.324 e. The summed E-state index contributed by atoms with van der Waals surface area (Å²) in [6.07, 6.45) is -2.68. The van der Waals surface area contributed by atoms with Crippen LogP contribution in [0.4, 0.5) is 29.2 Å². The fourth-order valence-electron chi connectivity index (χ4n) is 1.97. The lowest BCUT2D eigenvalue weighted by atomic mass is 10.2. The van der Waals surface area contributed by atoms with Crippen molar-refractivity contribution in [2.75, 3.05) is 5.32 Å². The molecular weight excluding hydrogens is 324 g/mol. The van der Waals surface area contributed by atoms with Gasteiger partial charge in [-0.3, -0.25) is 0 Å². The summed E-state index contributed by atoms with van der Waals surface area (Å²) in [5, 5.41) is 5.57. The van der Waals surface area contributed by atoms with E-state index in [1.165, 1.54) is 18.2 Å². The fraction of sp³-hybridized carbons (Fsp3) is 0.375. The normalized spacial score (nSPS) is 12.9. The molecule has 0 fully saturated rings. The topological polar surface area (TPSA) is 49.8 Å². The van der Waals surface area contributed by atoms with E-state index in [0.29, 0.717) is 0 Å². The molecule has 0 aliphatic rings. The number of anilines is 2. The number of benzene rings is 1. The Bertz CT molecular complexity index is 688. The van der Waals surface area contributed by atoms with Gasteiger partial charge in [0, 0.05) is 30.0 Å². The number of nitrogens with one attached hydrogen (secondary N) is 2. The molecule has 2 aromatic rings. The molecule has 1 atom stereocenters. The third kappa shape index (κ3) is 4.89. The van der Waals surface area contributed by atoms with Crippen molar-refractivity contribution in [2.24, 2.45) is 0 Å². The summed E-state index contributed by atoms with van der Waals surface area (Å²) < 4.78 is 52.8. The van der Waals surface area contributed by atoms with Gasteiger partial charge in [-0.2, -0.15) is 13.2 Å². The Morgan fingerprint density at radius 3 is 2.62 bits per heavy atom. The van der Waals surface area contributed by atoms with Crippen LogP contribution in [0, 0.1) is 5.82 Å². The highest BCUT2D eigenvalue weighted by molar-refractivity contribution is 5.53. The van der Waals surface area contributed by atoms with E-state index in [9.17, 15) is 17.6 Å². The molecular formula is C16H18F4N4. The molecule has 0 aliphatic heterocycles. The second kappa shape index (κ2) is 7.57. The van der Waals surface area contributed by atoms with Crippen LogP contribution in [0.25, 0.3) is 0 Å². The molecule has 0 amide bonds. The van der Waals surface area contributed by atoms with Gasteiger partial charge in [0.25, 0.3) is 0 Å². The van der Waals surface area contributed by atoms with Crippen molar-refractivity contribution in [3.8, 4) is 0 Å². The minimum atomic E-state index is -4.60. The Morgan fingerprint density at radius 1 is 1.25 bits per heavy atom. The molecule has 1 heterocycles. The van der Waals surface area contributed by atoms with E-state index in [0.717, 1.165) is 18.7 Å². The molecule has 0 saturated carbocycles. The van der Waals surface area contributed by atoms with E-state index in [2.05, 4.69) is 20.6 Å². The molecule has 0 aliphatic carbocycles. The van der Waals surface area contributed by atoms with E-state index < -0.39 is 17.7 Å². The molecule has 24 heavy (non-hydrogen) atoms. The summed E-state index contributed by atoms with van der Waals surface area (Å²) >= 11 is 0. The predicted molar refractivity (Wildman–Crippen MR) is 83.3 cm³/mol. The summed E-state index contributed by atoms with van der Waals surface area (Å²) in [5.41, 5.74) is -0.770. The molecule has 8 heteroatoms. The number of alkyl halides is 3. The number of nitrogens with zero attached hydrogens (tertiary/aromatic N) is 2. The maximum atomic E-state index is 13.2. The largest absolute Gasteiger partial charge is 0.433 e. The van der Waals surface area contributed by atoms with Crippen LogP contribution in [-0.2, 0) is 12.7 Å². The summed E-state index contributed by atoms with van der Waals surface area (Å²) in [4.78, 5) is 7.46. The van der Waals surface area contributed by atoms with E-state index in [-0.39, 0.29) is 29.8 Å². The van der Waals surface area contributed by atoms with Crippen LogP contribution in [0.15, 0.2) is 30.5 Å². The first-order valence-corrected chi connectivity index (χ1v) is 7.48. The Balaban J connectivity index is 2.25. The lowest BCUT2D eigenvalue weighted by Crippen LogP contribution is -2.26. The standard InChI is InChI=1S/C16H18F4N4/c1-3-10(2)21-8-11-9-22-15(24-14(11)16(18,19)20)23-13-6-4-5-12(17)7-13/h4-7,9-10,21H,3,8H2,1-2H3,(H,22,23,24). The van der Waals surface area contributed by atoms with Gasteiger partial charge in [-0.05, 0) is 31.5 Å². The highest BCUT2D eigenvalue weighted by Gasteiger charge is 2.36. The number of aromatic nitrogens is 2. The maximum absolute atomic E-state index is 13.2. The molecule has 1 aromatic carbocycles. The van der Waals surface area contributed by atoms with Gasteiger partial charge in [0.15, 0.2) is 5.69 Å². The summed E-state index contributed by atoms with van der Waals surface area (Å²) in [6, 6.07) is 5.41. The molecule has 4 nitrogen and oxygen atoms in total. The van der Waals surface area contributed by atoms with Gasteiger partial charge in [-0.1, -0.05) is 13.0 Å². The summed E-state index contributed by atoms with van der Waals surface area (Å²) in [7, 11) is 0. The fourth-order valence-corrected chi connectivity index (χ4v) is 1.97. The number of hydrogen-bond donors (Lipinski definition) is 2. The number of rotatable bonds is 6. The summed E-state index contributed by atoms with van der Waals surface area (Å²) in [6.45, 7) is 3.84. The van der Waals surface area contributed by atoms with Crippen molar-refractivity contribution in [1.29, 1.82) is 0 Å². The van der Waals surface area contributed by atoms with E-state index in [1.807, 2.05) is 13.8 Å². The molecule has 0 radical (unpaired) electrons. The molecule has 2 N–H and O–H groups in total. The lowest BCUT2D eigenvalue weighted by Gasteiger charge is -2.16. The highest BCUT2D eigenvalue weighted by Crippen LogP contribution is 2.31. The van der Waals surface area contributed by atoms with Crippen LogP contribution in [0.1, 0.15) is 31.5 Å². The average molecular weight is 342 g/mol. The second-order valence-electron chi connectivity index (χ2n) is 5.39. The van der Waals surface area contributed by atoms with Gasteiger partial charge < -0.3 is 10.6 Å². The van der Waals surface area contributed by atoms with Gasteiger partial charge in [-0.25, -0.2) is 14.4 Å². The molecule has 2 rings (SSSR count). The third-order valence-corrected chi connectivity index (χ3v) is 3.47. The smallest absolute Gasteiger partial charge is 0.324 e. The third-order valence-electron chi connectivity index (χ3n) is 3.47. The quantitative estimate of drug-likeness (QED) is 0.770. The molecule has 1 aromatic heterocycles. The molecule has 1 unspecified atom stereocenters. The zero-order valence-corrected chi connectivity index (χ0v) is 13.3. The van der Waals surface area contributed by atoms with Crippen molar-refractivity contribution in [2.45, 2.75) is 39.0 Å². The number of hydrogen-bond acceptors (Lipinski definition) is 4. The minimum absolute atomic E-state index is 0.0180. The first kappa shape index (κ1) is 18.1. The zero-order valence-electron chi connectivity index (χ0n) is 13.3.